The van der Waals surface area contributed by atoms with Crippen LogP contribution in [0.5, 0.6) is 11.6 Å². The first-order valence-electron chi connectivity index (χ1n) is 11.2. The second-order valence-electron chi connectivity index (χ2n) is 8.31. The normalized spacial score (nSPS) is 14.2. The van der Waals surface area contributed by atoms with E-state index in [1.165, 1.54) is 12.1 Å². The molecule has 7 nitrogen and oxygen atoms in total. The third-order valence-electron chi connectivity index (χ3n) is 5.97. The van der Waals surface area contributed by atoms with Crippen LogP contribution in [0.2, 0.25) is 0 Å². The Balaban J connectivity index is 1.24. The highest BCUT2D eigenvalue weighted by atomic mass is 19.1. The Morgan fingerprint density at radius 3 is 2.65 bits per heavy atom. The van der Waals surface area contributed by atoms with Crippen molar-refractivity contribution in [3.8, 4) is 11.6 Å². The number of ether oxygens (including phenoxy) is 1. The third-order valence-corrected chi connectivity index (χ3v) is 5.97. The van der Waals surface area contributed by atoms with Gasteiger partial charge in [0.25, 0.3) is 5.91 Å². The molecule has 3 heterocycles. The summed E-state index contributed by atoms with van der Waals surface area (Å²) in [6, 6.07) is 13.7. The molecule has 0 radical (unpaired) electrons. The number of hydrogen-bond acceptors (Lipinski definition) is 5. The molecule has 1 aliphatic rings. The molecule has 0 unspecified atom stereocenters. The maximum Gasteiger partial charge on any atom is 0.253 e. The smallest absolute Gasteiger partial charge is 0.253 e. The standard InChI is InChI=1S/C26H24FN5O2/c27-22-5-2-6-23(16-22)34-25-24(29-9-10-30-25)20-7-12-32(13-8-20)26(33)21-4-1-3-19(15-21)17-31-14-11-28-18-31/h1-6,9-11,14-16,18,20H,7-8,12-13,17H2. The maximum atomic E-state index is 13.5. The van der Waals surface area contributed by atoms with Crippen LogP contribution in [0.1, 0.15) is 40.4 Å². The van der Waals surface area contributed by atoms with Gasteiger partial charge in [-0.05, 0) is 42.7 Å². The Labute approximate surface area is 196 Å². The van der Waals surface area contributed by atoms with Gasteiger partial charge in [-0.25, -0.2) is 14.4 Å². The zero-order valence-corrected chi connectivity index (χ0v) is 18.5. The molecule has 1 fully saturated rings. The van der Waals surface area contributed by atoms with Gasteiger partial charge in [-0.15, -0.1) is 0 Å². The summed E-state index contributed by atoms with van der Waals surface area (Å²) in [4.78, 5) is 27.9. The lowest BCUT2D eigenvalue weighted by Crippen LogP contribution is -2.38. The molecule has 4 aromatic rings. The number of piperidine rings is 1. The first kappa shape index (κ1) is 21.8. The minimum atomic E-state index is -0.371. The molecule has 0 atom stereocenters. The molecule has 1 saturated heterocycles. The van der Waals surface area contributed by atoms with Gasteiger partial charge in [0.05, 0.1) is 6.33 Å². The van der Waals surface area contributed by atoms with Gasteiger partial charge in [0.15, 0.2) is 0 Å². The lowest BCUT2D eigenvalue weighted by Gasteiger charge is -2.32. The van der Waals surface area contributed by atoms with Crippen LogP contribution in [0.4, 0.5) is 4.39 Å². The largest absolute Gasteiger partial charge is 0.437 e. The molecular weight excluding hydrogens is 433 g/mol. The first-order valence-corrected chi connectivity index (χ1v) is 11.2. The van der Waals surface area contributed by atoms with Crippen molar-refractivity contribution >= 4 is 5.91 Å². The van der Waals surface area contributed by atoms with E-state index >= 15 is 0 Å². The second-order valence-corrected chi connectivity index (χ2v) is 8.31. The average Bonchev–Trinajstić information content (AvgIpc) is 3.37. The lowest BCUT2D eigenvalue weighted by molar-refractivity contribution is 0.0711. The number of nitrogens with zero attached hydrogens (tertiary/aromatic N) is 5. The van der Waals surface area contributed by atoms with Gasteiger partial charge in [-0.2, -0.15) is 0 Å². The van der Waals surface area contributed by atoms with Gasteiger partial charge in [0.2, 0.25) is 5.88 Å². The number of amides is 1. The lowest BCUT2D eigenvalue weighted by atomic mass is 9.93. The Morgan fingerprint density at radius 2 is 1.85 bits per heavy atom. The zero-order chi connectivity index (χ0) is 23.3. The molecule has 8 heteroatoms. The Morgan fingerprint density at radius 1 is 1.03 bits per heavy atom. The summed E-state index contributed by atoms with van der Waals surface area (Å²) in [6.07, 6.45) is 10.1. The molecule has 1 amide bonds. The third kappa shape index (κ3) is 4.96. The zero-order valence-electron chi connectivity index (χ0n) is 18.5. The van der Waals surface area contributed by atoms with Gasteiger partial charge < -0.3 is 14.2 Å². The van der Waals surface area contributed by atoms with Crippen LogP contribution < -0.4 is 4.74 Å². The summed E-state index contributed by atoms with van der Waals surface area (Å²) >= 11 is 0. The second kappa shape index (κ2) is 9.82. The number of imidazole rings is 1. The van der Waals surface area contributed by atoms with Gasteiger partial charge in [-0.3, -0.25) is 9.78 Å². The number of hydrogen-bond donors (Lipinski definition) is 0. The predicted molar refractivity (Wildman–Crippen MR) is 124 cm³/mol. The van der Waals surface area contributed by atoms with Crippen molar-refractivity contribution in [1.82, 2.24) is 24.4 Å². The fourth-order valence-corrected chi connectivity index (χ4v) is 4.27. The van der Waals surface area contributed by atoms with E-state index < -0.39 is 0 Å². The first-order chi connectivity index (χ1) is 16.7. The van der Waals surface area contributed by atoms with Gasteiger partial charge in [-0.1, -0.05) is 18.2 Å². The van der Waals surface area contributed by atoms with E-state index in [1.807, 2.05) is 39.9 Å². The molecule has 0 aliphatic carbocycles. The molecule has 2 aromatic heterocycles. The Hall–Kier alpha value is -4.07. The van der Waals surface area contributed by atoms with E-state index in [1.54, 1.807) is 37.1 Å². The number of rotatable bonds is 6. The number of halogens is 1. The molecule has 0 N–H and O–H groups in total. The van der Waals surface area contributed by atoms with Crippen molar-refractivity contribution in [3.05, 3.63) is 102 Å². The van der Waals surface area contributed by atoms with Gasteiger partial charge in [0, 0.05) is 62.0 Å². The summed E-state index contributed by atoms with van der Waals surface area (Å²) in [5.74, 6) is 0.522. The van der Waals surface area contributed by atoms with Crippen molar-refractivity contribution in [3.63, 3.8) is 0 Å². The minimum absolute atomic E-state index is 0.0290. The molecule has 2 aromatic carbocycles. The SMILES string of the molecule is O=C(c1cccc(Cn2ccnc2)c1)N1CCC(c2nccnc2Oc2cccc(F)c2)CC1. The van der Waals surface area contributed by atoms with E-state index in [4.69, 9.17) is 4.74 Å². The van der Waals surface area contributed by atoms with Gasteiger partial charge >= 0.3 is 0 Å². The molecule has 34 heavy (non-hydrogen) atoms. The van der Waals surface area contributed by atoms with Crippen molar-refractivity contribution in [2.24, 2.45) is 0 Å². The van der Waals surface area contributed by atoms with E-state index in [9.17, 15) is 9.18 Å². The minimum Gasteiger partial charge on any atom is -0.437 e. The molecule has 1 aliphatic heterocycles. The van der Waals surface area contributed by atoms with Crippen LogP contribution in [0, 0.1) is 5.82 Å². The maximum absolute atomic E-state index is 13.5. The highest BCUT2D eigenvalue weighted by Gasteiger charge is 2.28. The van der Waals surface area contributed by atoms with Crippen LogP contribution in [0.3, 0.4) is 0 Å². The number of aromatic nitrogens is 4. The molecule has 5 rings (SSSR count). The molecule has 172 valence electrons. The molecule has 0 spiro atoms. The Bertz CT molecular complexity index is 1270. The summed E-state index contributed by atoms with van der Waals surface area (Å²) in [6.45, 7) is 1.90. The Kier molecular flexibility index (Phi) is 6.29. The molecular formula is C26H24FN5O2. The summed E-state index contributed by atoms with van der Waals surface area (Å²) in [7, 11) is 0. The topological polar surface area (TPSA) is 73.1 Å². The van der Waals surface area contributed by atoms with E-state index in [0.29, 0.717) is 36.8 Å². The number of benzene rings is 2. The van der Waals surface area contributed by atoms with Crippen LogP contribution >= 0.6 is 0 Å². The number of carbonyl (C=O) groups excluding carboxylic acids is 1. The highest BCUT2D eigenvalue weighted by molar-refractivity contribution is 5.94. The van der Waals surface area contributed by atoms with Crippen molar-refractivity contribution in [1.29, 1.82) is 0 Å². The van der Waals surface area contributed by atoms with Crippen molar-refractivity contribution in [2.45, 2.75) is 25.3 Å². The fourth-order valence-electron chi connectivity index (χ4n) is 4.27. The van der Waals surface area contributed by atoms with Crippen molar-refractivity contribution < 1.29 is 13.9 Å². The summed E-state index contributed by atoms with van der Waals surface area (Å²) < 4.78 is 21.4. The molecule has 0 saturated carbocycles. The monoisotopic (exact) mass is 457 g/mol. The van der Waals surface area contributed by atoms with Crippen LogP contribution in [0.25, 0.3) is 0 Å². The van der Waals surface area contributed by atoms with Crippen LogP contribution in [-0.4, -0.2) is 43.4 Å². The fraction of sp³-hybridized carbons (Fsp3) is 0.231. The average molecular weight is 458 g/mol. The number of carbonyl (C=O) groups is 1. The van der Waals surface area contributed by atoms with E-state index in [0.717, 1.165) is 24.1 Å². The molecule has 0 bridgehead atoms. The number of likely N-dealkylation sites (tertiary alicyclic amines) is 1. The van der Waals surface area contributed by atoms with Crippen LogP contribution in [0.15, 0.2) is 79.6 Å². The van der Waals surface area contributed by atoms with E-state index in [2.05, 4.69) is 15.0 Å². The summed E-state index contributed by atoms with van der Waals surface area (Å²) in [5, 5.41) is 0. The highest BCUT2D eigenvalue weighted by Crippen LogP contribution is 2.34. The van der Waals surface area contributed by atoms with E-state index in [-0.39, 0.29) is 17.6 Å². The van der Waals surface area contributed by atoms with Gasteiger partial charge in [0.1, 0.15) is 17.3 Å². The van der Waals surface area contributed by atoms with Crippen molar-refractivity contribution in [2.75, 3.05) is 13.1 Å². The quantitative estimate of drug-likeness (QED) is 0.421. The summed E-state index contributed by atoms with van der Waals surface area (Å²) in [5.41, 5.74) is 2.48. The predicted octanol–water partition coefficient (Wildman–Crippen LogP) is 4.67. The van der Waals surface area contributed by atoms with Crippen LogP contribution in [-0.2, 0) is 6.54 Å².